The largest absolute Gasteiger partial charge is 0.496 e. The molecule has 0 saturated heterocycles. The summed E-state index contributed by atoms with van der Waals surface area (Å²) >= 11 is 0. The Morgan fingerprint density at radius 3 is 0.982 bits per heavy atom. The zero-order chi connectivity index (χ0) is 38.2. The number of pyridine rings is 2. The number of nitrogens with one attached hydrogen (secondary N) is 2. The zero-order valence-electron chi connectivity index (χ0n) is 31.1. The summed E-state index contributed by atoms with van der Waals surface area (Å²) in [7, 11) is 6.65. The van der Waals surface area contributed by atoms with Crippen LogP contribution in [-0.2, 0) is 0 Å². The van der Waals surface area contributed by atoms with Crippen LogP contribution in [0.3, 0.4) is 0 Å². The number of hydrogen-bond acceptors (Lipinski definition) is 8. The molecule has 2 aliphatic rings. The molecular weight excluding hydrogens is 701 g/mol. The van der Waals surface area contributed by atoms with Crippen molar-refractivity contribution >= 4 is 46.4 Å². The van der Waals surface area contributed by atoms with Gasteiger partial charge in [0.05, 0.1) is 62.3 Å². The molecule has 8 bridgehead atoms. The van der Waals surface area contributed by atoms with Crippen LogP contribution in [0.15, 0.2) is 110 Å². The first-order valence-electron chi connectivity index (χ1n) is 18.0. The SMILES string of the molecule is COc1cccc(OC)c1-c1c2nc(c(-c3ccncc3)c3ccc([nH]3)c(-c3c(OC)cccc3OC)c3nc(c(-c4ccncc4)c4ccc1[nH]4)C=C3)C=C2. The predicted octanol–water partition coefficient (Wildman–Crippen LogP) is 10.1. The van der Waals surface area contributed by atoms with Crippen molar-refractivity contribution in [1.82, 2.24) is 29.9 Å². The smallest absolute Gasteiger partial charge is 0.130 e. The molecule has 0 saturated carbocycles. The molecule has 9 rings (SSSR count). The van der Waals surface area contributed by atoms with Crippen molar-refractivity contribution in [3.63, 3.8) is 0 Å². The normalized spacial score (nSPS) is 11.8. The fraction of sp³-hybridized carbons (Fsp3) is 0.0870. The van der Waals surface area contributed by atoms with Crippen LogP contribution < -0.4 is 18.9 Å². The van der Waals surface area contributed by atoms with Gasteiger partial charge in [-0.15, -0.1) is 0 Å². The summed E-state index contributed by atoms with van der Waals surface area (Å²) in [6.07, 6.45) is 15.3. The summed E-state index contributed by atoms with van der Waals surface area (Å²) in [6.45, 7) is 0. The number of rotatable bonds is 8. The van der Waals surface area contributed by atoms with Crippen molar-refractivity contribution < 1.29 is 18.9 Å². The van der Waals surface area contributed by atoms with Crippen molar-refractivity contribution in [3.8, 4) is 67.5 Å². The molecule has 2 aliphatic heterocycles. The van der Waals surface area contributed by atoms with Crippen molar-refractivity contribution in [2.24, 2.45) is 0 Å². The molecule has 0 radical (unpaired) electrons. The Hall–Kier alpha value is -7.46. The summed E-state index contributed by atoms with van der Waals surface area (Å²) in [4.78, 5) is 26.9. The molecule has 7 aromatic rings. The Balaban J connectivity index is 1.51. The summed E-state index contributed by atoms with van der Waals surface area (Å²) in [5.74, 6) is 2.60. The van der Waals surface area contributed by atoms with Gasteiger partial charge in [-0.1, -0.05) is 12.1 Å². The number of ether oxygens (including phenoxy) is 4. The van der Waals surface area contributed by atoms with Crippen LogP contribution in [-0.4, -0.2) is 58.3 Å². The zero-order valence-corrected chi connectivity index (χ0v) is 31.1. The maximum absolute atomic E-state index is 5.97. The fourth-order valence-corrected chi connectivity index (χ4v) is 7.57. The van der Waals surface area contributed by atoms with Crippen molar-refractivity contribution in [2.75, 3.05) is 28.4 Å². The number of benzene rings is 2. The minimum absolute atomic E-state index is 0.650. The third kappa shape index (κ3) is 5.84. The van der Waals surface area contributed by atoms with Gasteiger partial charge in [-0.05, 0) is 108 Å². The average molecular weight is 737 g/mol. The molecule has 10 nitrogen and oxygen atoms in total. The Morgan fingerprint density at radius 1 is 0.357 bits per heavy atom. The number of aromatic amines is 2. The van der Waals surface area contributed by atoms with Crippen LogP contribution in [0.4, 0.5) is 0 Å². The van der Waals surface area contributed by atoms with E-state index in [9.17, 15) is 0 Å². The van der Waals surface area contributed by atoms with E-state index >= 15 is 0 Å². The van der Waals surface area contributed by atoms with Crippen LogP contribution in [0.2, 0.25) is 0 Å². The Labute approximate surface area is 322 Å². The minimum Gasteiger partial charge on any atom is -0.496 e. The van der Waals surface area contributed by atoms with E-state index in [0.29, 0.717) is 23.0 Å². The first kappa shape index (κ1) is 34.3. The molecule has 56 heavy (non-hydrogen) atoms. The van der Waals surface area contributed by atoms with Gasteiger partial charge >= 0.3 is 0 Å². The quantitative estimate of drug-likeness (QED) is 0.158. The van der Waals surface area contributed by atoms with Crippen LogP contribution in [0.25, 0.3) is 90.9 Å². The van der Waals surface area contributed by atoms with E-state index in [4.69, 9.17) is 28.9 Å². The predicted molar refractivity (Wildman–Crippen MR) is 222 cm³/mol. The van der Waals surface area contributed by atoms with Crippen LogP contribution in [0, 0.1) is 0 Å². The highest BCUT2D eigenvalue weighted by molar-refractivity contribution is 6.02. The van der Waals surface area contributed by atoms with E-state index in [1.807, 2.05) is 85.0 Å². The third-order valence-electron chi connectivity index (χ3n) is 10.0. The van der Waals surface area contributed by atoms with E-state index in [0.717, 1.165) is 89.4 Å². The van der Waals surface area contributed by atoms with E-state index in [2.05, 4.69) is 44.2 Å². The Bertz CT molecular complexity index is 2620. The van der Waals surface area contributed by atoms with Gasteiger partial charge < -0.3 is 28.9 Å². The number of hydrogen-bond donors (Lipinski definition) is 2. The van der Waals surface area contributed by atoms with Gasteiger partial charge in [-0.3, -0.25) is 9.97 Å². The summed E-state index contributed by atoms with van der Waals surface area (Å²) in [6, 6.07) is 27.8. The molecule has 7 heterocycles. The topological polar surface area (TPSA) is 120 Å². The molecule has 0 fully saturated rings. The molecule has 0 amide bonds. The number of aromatic nitrogens is 6. The van der Waals surface area contributed by atoms with Gasteiger partial charge in [0.2, 0.25) is 0 Å². The molecule has 2 N–H and O–H groups in total. The van der Waals surface area contributed by atoms with Gasteiger partial charge in [0, 0.05) is 69.1 Å². The lowest BCUT2D eigenvalue weighted by Crippen LogP contribution is -1.96. The molecule has 10 heteroatoms. The lowest BCUT2D eigenvalue weighted by atomic mass is 10.0. The van der Waals surface area contributed by atoms with E-state index in [-0.39, 0.29) is 0 Å². The van der Waals surface area contributed by atoms with Crippen LogP contribution >= 0.6 is 0 Å². The summed E-state index contributed by atoms with van der Waals surface area (Å²) < 4.78 is 23.9. The lowest BCUT2D eigenvalue weighted by Gasteiger charge is -2.14. The van der Waals surface area contributed by atoms with Crippen molar-refractivity contribution in [1.29, 1.82) is 0 Å². The fourth-order valence-electron chi connectivity index (χ4n) is 7.57. The maximum Gasteiger partial charge on any atom is 0.130 e. The number of fused-ring (bicyclic) bond motifs is 8. The first-order chi connectivity index (χ1) is 27.6. The lowest BCUT2D eigenvalue weighted by molar-refractivity contribution is 0.397. The first-order valence-corrected chi connectivity index (χ1v) is 18.0. The average Bonchev–Trinajstić information content (AvgIpc) is 4.10. The summed E-state index contributed by atoms with van der Waals surface area (Å²) in [5.41, 5.74) is 13.2. The molecule has 5 aromatic heterocycles. The van der Waals surface area contributed by atoms with E-state index in [1.54, 1.807) is 53.2 Å². The van der Waals surface area contributed by atoms with E-state index in [1.165, 1.54) is 0 Å². The highest BCUT2D eigenvalue weighted by Crippen LogP contribution is 2.46. The Morgan fingerprint density at radius 2 is 0.661 bits per heavy atom. The number of nitrogens with zero attached hydrogens (tertiary/aromatic N) is 4. The second kappa shape index (κ2) is 14.4. The molecule has 0 spiro atoms. The van der Waals surface area contributed by atoms with Crippen LogP contribution in [0.5, 0.6) is 23.0 Å². The molecule has 2 aromatic carbocycles. The van der Waals surface area contributed by atoms with E-state index < -0.39 is 0 Å². The Kier molecular flexibility index (Phi) is 8.83. The van der Waals surface area contributed by atoms with Crippen molar-refractivity contribution in [2.45, 2.75) is 0 Å². The molecule has 0 unspecified atom stereocenters. The highest BCUT2D eigenvalue weighted by atomic mass is 16.5. The molecule has 274 valence electrons. The second-order valence-corrected chi connectivity index (χ2v) is 13.0. The number of methoxy groups -OCH3 is 4. The van der Waals surface area contributed by atoms with Gasteiger partial charge in [-0.2, -0.15) is 0 Å². The van der Waals surface area contributed by atoms with Gasteiger partial charge in [0.1, 0.15) is 23.0 Å². The molecule has 0 atom stereocenters. The summed E-state index contributed by atoms with van der Waals surface area (Å²) in [5, 5.41) is 0. The monoisotopic (exact) mass is 736 g/mol. The maximum atomic E-state index is 5.97. The van der Waals surface area contributed by atoms with Gasteiger partial charge in [0.25, 0.3) is 0 Å². The van der Waals surface area contributed by atoms with Gasteiger partial charge in [0.15, 0.2) is 0 Å². The van der Waals surface area contributed by atoms with Crippen LogP contribution in [0.1, 0.15) is 22.8 Å². The second-order valence-electron chi connectivity index (χ2n) is 13.0. The standard InChI is InChI=1S/C46H36N6O4/c1-53-37-7-5-8-38(54-2)45(37)43-33-15-11-29(49-33)41(27-19-23-47-24-20-27)31-13-17-35(51-31)44(46-39(55-3)9-6-10-40(46)56-4)36-18-14-32(52-36)42(28-21-25-48-26-22-28)30-12-16-34(43)50-30/h5-26,49,52H,1-4H3. The molecule has 0 aliphatic carbocycles. The van der Waals surface area contributed by atoms with Crippen molar-refractivity contribution in [3.05, 3.63) is 132 Å². The van der Waals surface area contributed by atoms with Gasteiger partial charge in [-0.25, -0.2) is 9.97 Å². The highest BCUT2D eigenvalue weighted by Gasteiger charge is 2.24. The number of H-pyrrole nitrogens is 2. The third-order valence-corrected chi connectivity index (χ3v) is 10.0. The molecular formula is C46H36N6O4. The minimum atomic E-state index is 0.650.